The molecule has 8 atom stereocenters. The average molecular weight is 438 g/mol. The van der Waals surface area contributed by atoms with Gasteiger partial charge < -0.3 is 20.3 Å². The molecule has 0 bridgehead atoms. The van der Waals surface area contributed by atoms with Gasteiger partial charge >= 0.3 is 0 Å². The molecule has 2 saturated carbocycles. The number of nitrogens with one attached hydrogen (secondary N) is 1. The largest absolute Gasteiger partial charge is 0.396 e. The van der Waals surface area contributed by atoms with E-state index < -0.39 is 12.2 Å². The van der Waals surface area contributed by atoms with E-state index in [0.29, 0.717) is 5.92 Å². The van der Waals surface area contributed by atoms with E-state index in [1.54, 1.807) is 0 Å². The third-order valence-electron chi connectivity index (χ3n) is 10.1. The highest BCUT2D eigenvalue weighted by molar-refractivity contribution is 5.94. The molecule has 0 unspecified atom stereocenters. The molecule has 1 spiro atoms. The molecule has 32 heavy (non-hydrogen) atoms. The maximum absolute atomic E-state index is 11.7. The van der Waals surface area contributed by atoms with Gasteiger partial charge in [-0.3, -0.25) is 0 Å². The van der Waals surface area contributed by atoms with Crippen LogP contribution in [0.15, 0.2) is 36.0 Å². The average Bonchev–Trinajstić information content (AvgIpc) is 3.22. The Bertz CT molecular complexity index is 1040. The fourth-order valence-corrected chi connectivity index (χ4v) is 8.27. The van der Waals surface area contributed by atoms with Crippen molar-refractivity contribution in [3.8, 4) is 0 Å². The van der Waals surface area contributed by atoms with Gasteiger partial charge in [-0.1, -0.05) is 51.5 Å². The second-order valence-electron chi connectivity index (χ2n) is 11.3. The Morgan fingerprint density at radius 2 is 1.88 bits per heavy atom. The zero-order chi connectivity index (χ0) is 22.8. The summed E-state index contributed by atoms with van der Waals surface area (Å²) >= 11 is 0. The zero-order valence-electron chi connectivity index (χ0n) is 19.9. The van der Waals surface area contributed by atoms with Crippen molar-refractivity contribution in [3.05, 3.63) is 41.6 Å². The number of fused-ring (bicyclic) bond motifs is 1. The number of aliphatic hydroxyl groups is 3. The minimum Gasteiger partial charge on any atom is -0.396 e. The topological polar surface area (TPSA) is 76.5 Å². The van der Waals surface area contributed by atoms with E-state index in [0.717, 1.165) is 37.6 Å². The third kappa shape index (κ3) is 2.72. The van der Waals surface area contributed by atoms with Crippen LogP contribution < -0.4 is 0 Å². The van der Waals surface area contributed by atoms with Gasteiger partial charge in [0.05, 0.1) is 12.2 Å². The first-order chi connectivity index (χ1) is 15.3. The van der Waals surface area contributed by atoms with Gasteiger partial charge in [0, 0.05) is 46.0 Å². The molecule has 0 saturated heterocycles. The highest BCUT2D eigenvalue weighted by atomic mass is 16.3. The van der Waals surface area contributed by atoms with Crippen molar-refractivity contribution in [1.29, 1.82) is 0 Å². The van der Waals surface area contributed by atoms with Crippen molar-refractivity contribution in [3.63, 3.8) is 0 Å². The summed E-state index contributed by atoms with van der Waals surface area (Å²) in [6.45, 7) is 9.07. The molecule has 0 radical (unpaired) electrons. The summed E-state index contributed by atoms with van der Waals surface area (Å²) in [5, 5.41) is 34.6. The molecule has 4 heteroatoms. The highest BCUT2D eigenvalue weighted by Gasteiger charge is 2.68. The molecule has 1 aromatic heterocycles. The number of rotatable bonds is 3. The fraction of sp³-hybridized carbons (Fsp3) is 0.643. The number of hydrogen-bond donors (Lipinski definition) is 4. The van der Waals surface area contributed by atoms with E-state index in [-0.39, 0.29) is 35.2 Å². The Morgan fingerprint density at radius 1 is 1.12 bits per heavy atom. The number of H-pyrrole nitrogens is 1. The second-order valence-corrected chi connectivity index (χ2v) is 11.3. The van der Waals surface area contributed by atoms with Crippen LogP contribution in [0.1, 0.15) is 65.4 Å². The molecule has 5 rings (SSSR count). The standard InChI is InChI=1S/C28H39NO3/c1-16-13-24(32)27(4)18(3)9-10-23(31)28(27)12-11-19(17(2)15-30)25(26(16)28)21-14-29-22-8-6-5-7-20(21)22/h5-8,14,16-18,23-24,26,29-32H,9-13,15H2,1-4H3/t16-,17-,18-,23+,24-,26+,27-,28+/m0/s1. The minimum absolute atomic E-state index is 0.0828. The number of hydrogen-bond acceptors (Lipinski definition) is 3. The summed E-state index contributed by atoms with van der Waals surface area (Å²) < 4.78 is 0. The summed E-state index contributed by atoms with van der Waals surface area (Å²) in [5.41, 5.74) is 4.32. The van der Waals surface area contributed by atoms with Crippen LogP contribution in [0.5, 0.6) is 0 Å². The SMILES string of the molecule is C[C@@H](CO)C1=C(c2c[nH]c3ccccc23)[C@H]2[C@@H](C)C[C@H](O)[C@]3(C)[C@@H](C)CC[C@@H](O)[C@]23CC1. The van der Waals surface area contributed by atoms with Crippen molar-refractivity contribution in [1.82, 2.24) is 4.98 Å². The van der Waals surface area contributed by atoms with Crippen LogP contribution in [0.2, 0.25) is 0 Å². The quantitative estimate of drug-likeness (QED) is 0.537. The lowest BCUT2D eigenvalue weighted by molar-refractivity contribution is -0.240. The van der Waals surface area contributed by atoms with Crippen molar-refractivity contribution in [2.75, 3.05) is 6.61 Å². The van der Waals surface area contributed by atoms with Crippen LogP contribution in [0, 0.1) is 34.5 Å². The molecule has 1 aromatic carbocycles. The number of para-hydroxylation sites is 1. The molecule has 2 aromatic rings. The third-order valence-corrected chi connectivity index (χ3v) is 10.1. The van der Waals surface area contributed by atoms with E-state index in [1.807, 2.05) is 0 Å². The van der Waals surface area contributed by atoms with Gasteiger partial charge in [-0.05, 0) is 61.5 Å². The van der Waals surface area contributed by atoms with Gasteiger partial charge in [-0.2, -0.15) is 0 Å². The van der Waals surface area contributed by atoms with Crippen molar-refractivity contribution < 1.29 is 15.3 Å². The normalized spacial score (nSPS) is 40.8. The lowest BCUT2D eigenvalue weighted by Gasteiger charge is -2.68. The number of allylic oxidation sites excluding steroid dienone is 1. The molecular weight excluding hydrogens is 398 g/mol. The number of aliphatic hydroxyl groups excluding tert-OH is 3. The molecule has 3 aliphatic carbocycles. The maximum atomic E-state index is 11.7. The maximum Gasteiger partial charge on any atom is 0.0608 e. The Morgan fingerprint density at radius 3 is 2.62 bits per heavy atom. The van der Waals surface area contributed by atoms with E-state index in [1.165, 1.54) is 22.1 Å². The number of aromatic nitrogens is 1. The first kappa shape index (κ1) is 22.2. The smallest absolute Gasteiger partial charge is 0.0608 e. The van der Waals surface area contributed by atoms with Crippen LogP contribution >= 0.6 is 0 Å². The Labute approximate surface area is 191 Å². The lowest BCUT2D eigenvalue weighted by Crippen LogP contribution is -2.68. The van der Waals surface area contributed by atoms with Gasteiger partial charge in [0.15, 0.2) is 0 Å². The second kappa shape index (κ2) is 7.72. The predicted molar refractivity (Wildman–Crippen MR) is 129 cm³/mol. The van der Waals surface area contributed by atoms with Gasteiger partial charge in [0.25, 0.3) is 0 Å². The molecule has 174 valence electrons. The number of aromatic amines is 1. The number of benzene rings is 1. The summed E-state index contributed by atoms with van der Waals surface area (Å²) in [6, 6.07) is 8.44. The van der Waals surface area contributed by atoms with Gasteiger partial charge in [0.2, 0.25) is 0 Å². The summed E-state index contributed by atoms with van der Waals surface area (Å²) in [4.78, 5) is 3.47. The Kier molecular flexibility index (Phi) is 5.35. The van der Waals surface area contributed by atoms with E-state index in [4.69, 9.17) is 0 Å². The van der Waals surface area contributed by atoms with Crippen LogP contribution in [0.25, 0.3) is 16.5 Å². The van der Waals surface area contributed by atoms with E-state index in [9.17, 15) is 15.3 Å². The Balaban J connectivity index is 1.81. The van der Waals surface area contributed by atoms with Crippen molar-refractivity contribution >= 4 is 16.5 Å². The molecule has 3 aliphatic rings. The zero-order valence-corrected chi connectivity index (χ0v) is 19.9. The molecule has 0 aliphatic heterocycles. The van der Waals surface area contributed by atoms with Gasteiger partial charge in [-0.25, -0.2) is 0 Å². The Hall–Kier alpha value is -1.62. The first-order valence-corrected chi connectivity index (χ1v) is 12.5. The predicted octanol–water partition coefficient (Wildman–Crippen LogP) is 5.14. The molecule has 1 heterocycles. The van der Waals surface area contributed by atoms with E-state index >= 15 is 0 Å². The van der Waals surface area contributed by atoms with Crippen LogP contribution in [-0.2, 0) is 0 Å². The monoisotopic (exact) mass is 437 g/mol. The van der Waals surface area contributed by atoms with Crippen LogP contribution in [0.4, 0.5) is 0 Å². The van der Waals surface area contributed by atoms with Crippen molar-refractivity contribution in [2.45, 2.75) is 72.0 Å². The lowest BCUT2D eigenvalue weighted by atomic mass is 9.37. The van der Waals surface area contributed by atoms with Crippen molar-refractivity contribution in [2.24, 2.45) is 34.5 Å². The summed E-state index contributed by atoms with van der Waals surface area (Å²) in [7, 11) is 0. The minimum atomic E-state index is -0.419. The highest BCUT2D eigenvalue weighted by Crippen LogP contribution is 2.71. The van der Waals surface area contributed by atoms with Gasteiger partial charge in [-0.15, -0.1) is 0 Å². The van der Waals surface area contributed by atoms with Crippen LogP contribution in [0.3, 0.4) is 0 Å². The molecule has 4 N–H and O–H groups in total. The summed E-state index contributed by atoms with van der Waals surface area (Å²) in [6.07, 6.45) is 5.58. The van der Waals surface area contributed by atoms with Crippen LogP contribution in [-0.4, -0.2) is 39.1 Å². The van der Waals surface area contributed by atoms with Gasteiger partial charge in [0.1, 0.15) is 0 Å². The first-order valence-electron chi connectivity index (χ1n) is 12.5. The molecular formula is C28H39NO3. The van der Waals surface area contributed by atoms with E-state index in [2.05, 4.69) is 63.1 Å². The molecule has 2 fully saturated rings. The fourth-order valence-electron chi connectivity index (χ4n) is 8.27. The summed E-state index contributed by atoms with van der Waals surface area (Å²) in [5.74, 6) is 0.852. The molecule has 4 nitrogen and oxygen atoms in total. The molecule has 0 amide bonds.